The van der Waals surface area contributed by atoms with E-state index in [0.29, 0.717) is 0 Å². The first kappa shape index (κ1) is 8.75. The minimum Gasteiger partial charge on any atom is -0.335 e. The van der Waals surface area contributed by atoms with E-state index >= 15 is 0 Å². The van der Waals surface area contributed by atoms with E-state index in [2.05, 4.69) is 21.8 Å². The minimum atomic E-state index is 0.837. The second kappa shape index (κ2) is 3.92. The molecule has 3 nitrogen and oxygen atoms in total. The molecule has 1 heterocycles. The fraction of sp³-hybridized carbons (Fsp3) is 0.700. The van der Waals surface area contributed by atoms with E-state index in [0.717, 1.165) is 19.1 Å². The molecule has 1 fully saturated rings. The van der Waals surface area contributed by atoms with Crippen LogP contribution in [0.5, 0.6) is 0 Å². The molecule has 0 amide bonds. The summed E-state index contributed by atoms with van der Waals surface area (Å²) in [6.07, 6.45) is 7.78. The summed E-state index contributed by atoms with van der Waals surface area (Å²) in [7, 11) is 0. The lowest BCUT2D eigenvalue weighted by molar-refractivity contribution is 0.572. The van der Waals surface area contributed by atoms with Crippen LogP contribution in [0.25, 0.3) is 0 Å². The summed E-state index contributed by atoms with van der Waals surface area (Å²) in [5.41, 5.74) is 1.26. The third-order valence-electron chi connectivity index (χ3n) is 2.51. The van der Waals surface area contributed by atoms with E-state index < -0.39 is 0 Å². The Morgan fingerprint density at radius 1 is 1.62 bits per heavy atom. The molecule has 1 aromatic rings. The van der Waals surface area contributed by atoms with Gasteiger partial charge in [-0.1, -0.05) is 0 Å². The lowest BCUT2D eigenvalue weighted by Gasteiger charge is -2.05. The summed E-state index contributed by atoms with van der Waals surface area (Å²) < 4.78 is 2.20. The smallest absolute Gasteiger partial charge is 0.0948 e. The Morgan fingerprint density at radius 3 is 3.08 bits per heavy atom. The van der Waals surface area contributed by atoms with E-state index in [1.807, 2.05) is 12.5 Å². The molecule has 0 radical (unpaired) electrons. The molecule has 1 aliphatic carbocycles. The first-order chi connectivity index (χ1) is 6.36. The third kappa shape index (κ3) is 2.56. The highest BCUT2D eigenvalue weighted by atomic mass is 15.0. The van der Waals surface area contributed by atoms with E-state index in [-0.39, 0.29) is 0 Å². The summed E-state index contributed by atoms with van der Waals surface area (Å²) in [6.45, 7) is 4.33. The van der Waals surface area contributed by atoms with Gasteiger partial charge in [0.2, 0.25) is 0 Å². The molecule has 1 aliphatic rings. The largest absolute Gasteiger partial charge is 0.335 e. The highest BCUT2D eigenvalue weighted by Crippen LogP contribution is 2.18. The maximum absolute atomic E-state index is 4.09. The van der Waals surface area contributed by atoms with Crippen LogP contribution in [0.4, 0.5) is 0 Å². The first-order valence-electron chi connectivity index (χ1n) is 5.06. The van der Waals surface area contributed by atoms with Crippen LogP contribution in [0.15, 0.2) is 12.5 Å². The molecule has 0 saturated heterocycles. The van der Waals surface area contributed by atoms with E-state index in [4.69, 9.17) is 0 Å². The minimum absolute atomic E-state index is 0.837. The average Bonchev–Trinajstić information content (AvgIpc) is 2.86. The zero-order chi connectivity index (χ0) is 9.10. The second-order valence-electron chi connectivity index (χ2n) is 3.81. The quantitative estimate of drug-likeness (QED) is 0.691. The normalized spacial score (nSPS) is 16.4. The molecule has 2 rings (SSSR count). The molecule has 0 atom stereocenters. The van der Waals surface area contributed by atoms with Gasteiger partial charge < -0.3 is 9.88 Å². The van der Waals surface area contributed by atoms with Crippen LogP contribution in [0, 0.1) is 6.92 Å². The van der Waals surface area contributed by atoms with Crippen LogP contribution < -0.4 is 5.32 Å². The Balaban J connectivity index is 1.64. The van der Waals surface area contributed by atoms with Crippen molar-refractivity contribution in [2.75, 3.05) is 6.54 Å². The molecule has 0 aromatic carbocycles. The highest BCUT2D eigenvalue weighted by molar-refractivity contribution is 4.93. The summed E-state index contributed by atoms with van der Waals surface area (Å²) in [5.74, 6) is 0. The summed E-state index contributed by atoms with van der Waals surface area (Å²) in [6, 6.07) is 0.837. The van der Waals surface area contributed by atoms with Crippen LogP contribution in [0.2, 0.25) is 0 Å². The number of hydrogen-bond acceptors (Lipinski definition) is 2. The molecule has 0 aliphatic heterocycles. The Kier molecular flexibility index (Phi) is 2.64. The molecule has 3 heteroatoms. The standard InChI is InChI=1S/C10H17N3/c1-9-7-11-8-13(9)6-2-5-12-10-3-4-10/h7-8,10,12H,2-6H2,1H3. The Hall–Kier alpha value is -0.830. The van der Waals surface area contributed by atoms with Gasteiger partial charge in [0, 0.05) is 24.5 Å². The zero-order valence-corrected chi connectivity index (χ0v) is 8.16. The van der Waals surface area contributed by atoms with Gasteiger partial charge >= 0.3 is 0 Å². The van der Waals surface area contributed by atoms with Gasteiger partial charge in [-0.3, -0.25) is 0 Å². The predicted octanol–water partition coefficient (Wildman–Crippen LogP) is 1.33. The van der Waals surface area contributed by atoms with Gasteiger partial charge in [-0.15, -0.1) is 0 Å². The SMILES string of the molecule is Cc1cncn1CCCNC1CC1. The Bertz CT molecular complexity index is 263. The number of imidazole rings is 1. The van der Waals surface area contributed by atoms with Crippen molar-refractivity contribution in [2.45, 2.75) is 38.8 Å². The van der Waals surface area contributed by atoms with Crippen LogP contribution in [0.1, 0.15) is 25.0 Å². The summed E-state index contributed by atoms with van der Waals surface area (Å²) in [5, 5.41) is 3.50. The number of nitrogens with zero attached hydrogens (tertiary/aromatic N) is 2. The Labute approximate surface area is 79.2 Å². The van der Waals surface area contributed by atoms with Gasteiger partial charge in [0.15, 0.2) is 0 Å². The molecule has 72 valence electrons. The van der Waals surface area contributed by atoms with Crippen molar-refractivity contribution in [1.82, 2.24) is 14.9 Å². The van der Waals surface area contributed by atoms with Gasteiger partial charge in [0.1, 0.15) is 0 Å². The van der Waals surface area contributed by atoms with Crippen LogP contribution in [-0.4, -0.2) is 22.1 Å². The molecular weight excluding hydrogens is 162 g/mol. The van der Waals surface area contributed by atoms with Crippen molar-refractivity contribution in [3.8, 4) is 0 Å². The van der Waals surface area contributed by atoms with Gasteiger partial charge in [-0.25, -0.2) is 4.98 Å². The molecule has 1 N–H and O–H groups in total. The van der Waals surface area contributed by atoms with Crippen LogP contribution in [-0.2, 0) is 6.54 Å². The predicted molar refractivity (Wildman–Crippen MR) is 52.6 cm³/mol. The number of rotatable bonds is 5. The highest BCUT2D eigenvalue weighted by Gasteiger charge is 2.19. The molecular formula is C10H17N3. The van der Waals surface area contributed by atoms with Gasteiger partial charge in [-0.2, -0.15) is 0 Å². The molecule has 0 spiro atoms. The number of nitrogens with one attached hydrogen (secondary N) is 1. The van der Waals surface area contributed by atoms with Gasteiger partial charge in [0.25, 0.3) is 0 Å². The van der Waals surface area contributed by atoms with E-state index in [1.165, 1.54) is 25.0 Å². The summed E-state index contributed by atoms with van der Waals surface area (Å²) >= 11 is 0. The van der Waals surface area contributed by atoms with Gasteiger partial charge in [-0.05, 0) is 32.7 Å². The molecule has 1 aromatic heterocycles. The lowest BCUT2D eigenvalue weighted by atomic mass is 10.4. The van der Waals surface area contributed by atoms with Gasteiger partial charge in [0.05, 0.1) is 6.33 Å². The second-order valence-corrected chi connectivity index (χ2v) is 3.81. The van der Waals surface area contributed by atoms with E-state index in [1.54, 1.807) is 0 Å². The van der Waals surface area contributed by atoms with Crippen molar-refractivity contribution < 1.29 is 0 Å². The zero-order valence-electron chi connectivity index (χ0n) is 8.16. The van der Waals surface area contributed by atoms with E-state index in [9.17, 15) is 0 Å². The van der Waals surface area contributed by atoms with Crippen LogP contribution >= 0.6 is 0 Å². The van der Waals surface area contributed by atoms with Crippen molar-refractivity contribution in [2.24, 2.45) is 0 Å². The fourth-order valence-electron chi connectivity index (χ4n) is 1.46. The first-order valence-corrected chi connectivity index (χ1v) is 5.06. The Morgan fingerprint density at radius 2 is 2.46 bits per heavy atom. The molecule has 13 heavy (non-hydrogen) atoms. The van der Waals surface area contributed by atoms with Crippen molar-refractivity contribution in [1.29, 1.82) is 0 Å². The topological polar surface area (TPSA) is 29.9 Å². The molecule has 0 unspecified atom stereocenters. The van der Waals surface area contributed by atoms with Crippen LogP contribution in [0.3, 0.4) is 0 Å². The number of hydrogen-bond donors (Lipinski definition) is 1. The number of aryl methyl sites for hydroxylation is 2. The third-order valence-corrected chi connectivity index (χ3v) is 2.51. The maximum Gasteiger partial charge on any atom is 0.0948 e. The molecule has 1 saturated carbocycles. The van der Waals surface area contributed by atoms with Crippen molar-refractivity contribution in [3.05, 3.63) is 18.2 Å². The average molecular weight is 179 g/mol. The lowest BCUT2D eigenvalue weighted by Crippen LogP contribution is -2.18. The maximum atomic E-state index is 4.09. The molecule has 0 bridgehead atoms. The van der Waals surface area contributed by atoms with Crippen molar-refractivity contribution in [3.63, 3.8) is 0 Å². The van der Waals surface area contributed by atoms with Crippen molar-refractivity contribution >= 4 is 0 Å². The monoisotopic (exact) mass is 179 g/mol. The summed E-state index contributed by atoms with van der Waals surface area (Å²) in [4.78, 5) is 4.09. The number of aromatic nitrogens is 2. The fourth-order valence-corrected chi connectivity index (χ4v) is 1.46.